The van der Waals surface area contributed by atoms with E-state index in [1.165, 1.54) is 34.8 Å². The highest BCUT2D eigenvalue weighted by Crippen LogP contribution is 2.27. The molecule has 30 heavy (non-hydrogen) atoms. The van der Waals surface area contributed by atoms with Crippen LogP contribution in [-0.2, 0) is 25.9 Å². The van der Waals surface area contributed by atoms with Crippen LogP contribution in [-0.4, -0.2) is 67.1 Å². The lowest BCUT2D eigenvalue weighted by atomic mass is 10.0. The summed E-state index contributed by atoms with van der Waals surface area (Å²) in [5.41, 5.74) is 1.28. The normalized spacial score (nSPS) is 17.9. The zero-order valence-electron chi connectivity index (χ0n) is 17.1. The van der Waals surface area contributed by atoms with Crippen LogP contribution in [0, 0.1) is 0 Å². The molecule has 0 atom stereocenters. The van der Waals surface area contributed by atoms with Gasteiger partial charge in [-0.15, -0.1) is 16.4 Å². The predicted octanol–water partition coefficient (Wildman–Crippen LogP) is 1.58. The molecule has 1 aliphatic carbocycles. The molecule has 1 saturated heterocycles. The van der Waals surface area contributed by atoms with Crippen molar-refractivity contribution in [2.45, 2.75) is 38.8 Å². The summed E-state index contributed by atoms with van der Waals surface area (Å²) in [5.74, 6) is 0.663. The van der Waals surface area contributed by atoms with E-state index in [0.29, 0.717) is 12.4 Å². The largest absolute Gasteiger partial charge is 0.299 e. The van der Waals surface area contributed by atoms with Gasteiger partial charge in [-0.3, -0.25) is 14.6 Å². The summed E-state index contributed by atoms with van der Waals surface area (Å²) < 4.78 is 3.22. The molecule has 4 heterocycles. The van der Waals surface area contributed by atoms with Crippen molar-refractivity contribution in [3.63, 3.8) is 0 Å². The molecule has 1 aliphatic heterocycles. The molecule has 2 aliphatic rings. The molecule has 0 amide bonds. The van der Waals surface area contributed by atoms with Gasteiger partial charge < -0.3 is 0 Å². The smallest absolute Gasteiger partial charge is 0.266 e. The molecule has 3 aromatic heterocycles. The summed E-state index contributed by atoms with van der Waals surface area (Å²) in [7, 11) is 0. The Morgan fingerprint density at radius 3 is 2.63 bits per heavy atom. The van der Waals surface area contributed by atoms with Gasteiger partial charge in [0, 0.05) is 56.1 Å². The van der Waals surface area contributed by atoms with Crippen molar-refractivity contribution < 1.29 is 0 Å². The first-order valence-electron chi connectivity index (χ1n) is 10.7. The van der Waals surface area contributed by atoms with Crippen LogP contribution in [0.25, 0.3) is 5.82 Å². The minimum absolute atomic E-state index is 0.0720. The Morgan fingerprint density at radius 2 is 1.83 bits per heavy atom. The number of fused-ring (bicyclic) bond motifs is 1. The lowest BCUT2D eigenvalue weighted by molar-refractivity contribution is 0.122. The topological polar surface area (TPSA) is 72.1 Å². The molecule has 1 fully saturated rings. The van der Waals surface area contributed by atoms with E-state index in [4.69, 9.17) is 4.98 Å². The van der Waals surface area contributed by atoms with Gasteiger partial charge in [-0.1, -0.05) is 0 Å². The molecular weight excluding hydrogens is 398 g/mol. The van der Waals surface area contributed by atoms with Crippen LogP contribution in [0.4, 0.5) is 0 Å². The molecule has 0 saturated carbocycles. The molecule has 158 valence electrons. The van der Waals surface area contributed by atoms with Crippen LogP contribution in [0.1, 0.15) is 28.4 Å². The number of nitrogens with zero attached hydrogens (tertiary/aromatic N) is 7. The van der Waals surface area contributed by atoms with E-state index in [1.807, 2.05) is 23.6 Å². The average Bonchev–Trinajstić information content (AvgIpc) is 3.44. The van der Waals surface area contributed by atoms with E-state index in [2.05, 4.69) is 20.0 Å². The minimum Gasteiger partial charge on any atom is -0.299 e. The van der Waals surface area contributed by atoms with E-state index in [-0.39, 0.29) is 5.56 Å². The maximum Gasteiger partial charge on any atom is 0.266 e. The van der Waals surface area contributed by atoms with E-state index in [0.717, 1.165) is 45.7 Å². The molecule has 0 bridgehead atoms. The van der Waals surface area contributed by atoms with E-state index in [9.17, 15) is 4.79 Å². The Hall–Kier alpha value is -2.36. The van der Waals surface area contributed by atoms with E-state index >= 15 is 0 Å². The summed E-state index contributed by atoms with van der Waals surface area (Å²) in [6, 6.07) is 5.12. The van der Waals surface area contributed by atoms with Gasteiger partial charge in [0.1, 0.15) is 5.01 Å². The van der Waals surface area contributed by atoms with Gasteiger partial charge in [0.25, 0.3) is 5.56 Å². The van der Waals surface area contributed by atoms with Crippen molar-refractivity contribution in [3.8, 4) is 5.82 Å². The summed E-state index contributed by atoms with van der Waals surface area (Å²) >= 11 is 1.92. The second kappa shape index (κ2) is 8.79. The fourth-order valence-electron chi connectivity index (χ4n) is 4.20. The van der Waals surface area contributed by atoms with Crippen molar-refractivity contribution in [1.29, 1.82) is 0 Å². The molecule has 0 unspecified atom stereocenters. The van der Waals surface area contributed by atoms with Crippen molar-refractivity contribution in [2.75, 3.05) is 32.7 Å². The molecule has 0 N–H and O–H groups in total. The first-order chi connectivity index (χ1) is 14.7. The first kappa shape index (κ1) is 19.6. The maximum atomic E-state index is 12.2. The van der Waals surface area contributed by atoms with Crippen molar-refractivity contribution in [3.05, 3.63) is 56.5 Å². The number of hydrogen-bond acceptors (Lipinski definition) is 7. The number of piperazine rings is 1. The third-order valence-corrected chi connectivity index (χ3v) is 7.08. The second-order valence-corrected chi connectivity index (χ2v) is 9.17. The van der Waals surface area contributed by atoms with Crippen molar-refractivity contribution in [2.24, 2.45) is 0 Å². The van der Waals surface area contributed by atoms with E-state index < -0.39 is 0 Å². The van der Waals surface area contributed by atoms with Crippen molar-refractivity contribution in [1.82, 2.24) is 34.3 Å². The SMILES string of the molecule is O=c1ccc(-n2cccn2)nn1CCN1CCN(Cc2nc3c(s2)CCCC3)CC1. The average molecular weight is 426 g/mol. The Morgan fingerprint density at radius 1 is 1.00 bits per heavy atom. The van der Waals surface area contributed by atoms with Gasteiger partial charge in [-0.2, -0.15) is 5.10 Å². The first-order valence-corrected chi connectivity index (χ1v) is 11.6. The van der Waals surface area contributed by atoms with Gasteiger partial charge in [-0.05, 0) is 37.8 Å². The van der Waals surface area contributed by atoms with Gasteiger partial charge in [0.05, 0.1) is 18.8 Å². The molecule has 5 rings (SSSR count). The Kier molecular flexibility index (Phi) is 5.74. The Balaban J connectivity index is 1.13. The lowest BCUT2D eigenvalue weighted by Crippen LogP contribution is -2.47. The molecule has 0 spiro atoms. The number of thiazole rings is 1. The molecule has 3 aromatic rings. The molecule has 8 nitrogen and oxygen atoms in total. The molecule has 9 heteroatoms. The second-order valence-electron chi connectivity index (χ2n) is 8.01. The Bertz CT molecular complexity index is 1010. The molecule has 0 aromatic carbocycles. The highest BCUT2D eigenvalue weighted by molar-refractivity contribution is 7.11. The summed E-state index contributed by atoms with van der Waals surface area (Å²) in [6.45, 7) is 6.50. The maximum absolute atomic E-state index is 12.2. The monoisotopic (exact) mass is 425 g/mol. The lowest BCUT2D eigenvalue weighted by Gasteiger charge is -2.34. The number of rotatable bonds is 6. The number of aromatic nitrogens is 5. The third kappa shape index (κ3) is 4.38. The highest BCUT2D eigenvalue weighted by Gasteiger charge is 2.20. The fraction of sp³-hybridized carbons (Fsp3) is 0.524. The quantitative estimate of drug-likeness (QED) is 0.597. The fourth-order valence-corrected chi connectivity index (χ4v) is 5.40. The van der Waals surface area contributed by atoms with Crippen LogP contribution in [0.3, 0.4) is 0 Å². The van der Waals surface area contributed by atoms with Gasteiger partial charge in [0.2, 0.25) is 0 Å². The summed E-state index contributed by atoms with van der Waals surface area (Å²) in [6.07, 6.45) is 8.52. The third-order valence-electron chi connectivity index (χ3n) is 5.93. The van der Waals surface area contributed by atoms with Gasteiger partial charge in [0.15, 0.2) is 5.82 Å². The van der Waals surface area contributed by atoms with E-state index in [1.54, 1.807) is 27.7 Å². The molecular formula is C21H27N7OS. The van der Waals surface area contributed by atoms with Gasteiger partial charge in [-0.25, -0.2) is 14.3 Å². The zero-order valence-corrected chi connectivity index (χ0v) is 17.9. The number of aryl methyl sites for hydroxylation is 2. The summed E-state index contributed by atoms with van der Waals surface area (Å²) in [5, 5.41) is 9.93. The van der Waals surface area contributed by atoms with Crippen LogP contribution in [0.2, 0.25) is 0 Å². The van der Waals surface area contributed by atoms with Crippen LogP contribution < -0.4 is 5.56 Å². The highest BCUT2D eigenvalue weighted by atomic mass is 32.1. The van der Waals surface area contributed by atoms with Crippen molar-refractivity contribution >= 4 is 11.3 Å². The van der Waals surface area contributed by atoms with Gasteiger partial charge >= 0.3 is 0 Å². The van der Waals surface area contributed by atoms with Crippen LogP contribution in [0.15, 0.2) is 35.4 Å². The minimum atomic E-state index is -0.0720. The Labute approximate surface area is 179 Å². The predicted molar refractivity (Wildman–Crippen MR) is 116 cm³/mol. The van der Waals surface area contributed by atoms with Crippen LogP contribution in [0.5, 0.6) is 0 Å². The standard InChI is InChI=1S/C21H27N7OS/c29-21-7-6-19(27-9-3-8-22-27)24-28(21)15-14-25-10-12-26(13-11-25)16-20-23-17-4-1-2-5-18(17)30-20/h3,6-9H,1-2,4-5,10-16H2. The summed E-state index contributed by atoms with van der Waals surface area (Å²) in [4.78, 5) is 23.5. The zero-order chi connectivity index (χ0) is 20.3. The van der Waals surface area contributed by atoms with Crippen LogP contribution >= 0.6 is 11.3 Å². The molecule has 0 radical (unpaired) electrons. The number of hydrogen-bond donors (Lipinski definition) is 0.